The van der Waals surface area contributed by atoms with Crippen LogP contribution < -0.4 is 4.74 Å². The Balaban J connectivity index is 1.21. The van der Waals surface area contributed by atoms with E-state index in [-0.39, 0.29) is 5.82 Å². The van der Waals surface area contributed by atoms with Gasteiger partial charge in [-0.3, -0.25) is 4.68 Å². The molecule has 0 saturated heterocycles. The largest absolute Gasteiger partial charge is 0.487 e. The first kappa shape index (κ1) is 22.5. The Bertz CT molecular complexity index is 1210. The predicted molar refractivity (Wildman–Crippen MR) is 125 cm³/mol. The quantitative estimate of drug-likeness (QED) is 0.288. The van der Waals surface area contributed by atoms with Gasteiger partial charge in [0.15, 0.2) is 0 Å². The smallest absolute Gasteiger partial charge is 0.218 e. The van der Waals surface area contributed by atoms with Crippen LogP contribution in [0.15, 0.2) is 59.3 Å². The minimum absolute atomic E-state index is 0.268. The zero-order valence-electron chi connectivity index (χ0n) is 18.9. The van der Waals surface area contributed by atoms with Gasteiger partial charge in [0.1, 0.15) is 30.1 Å². The lowest BCUT2D eigenvalue weighted by Crippen LogP contribution is -1.99. The Morgan fingerprint density at radius 1 is 1.06 bits per heavy atom. The van der Waals surface area contributed by atoms with Crippen molar-refractivity contribution in [3.63, 3.8) is 0 Å². The molecule has 0 spiro atoms. The minimum Gasteiger partial charge on any atom is -0.487 e. The van der Waals surface area contributed by atoms with E-state index in [2.05, 4.69) is 27.4 Å². The molecule has 0 atom stereocenters. The van der Waals surface area contributed by atoms with Gasteiger partial charge in [0.25, 0.3) is 0 Å². The van der Waals surface area contributed by atoms with E-state index in [0.29, 0.717) is 23.8 Å². The van der Waals surface area contributed by atoms with Crippen LogP contribution in [0.2, 0.25) is 0 Å². The summed E-state index contributed by atoms with van der Waals surface area (Å²) in [5.74, 6) is 0.915. The predicted octanol–water partition coefficient (Wildman–Crippen LogP) is 5.79. The molecular weight excluding hydrogens is 419 g/mol. The van der Waals surface area contributed by atoms with Crippen molar-refractivity contribution in [3.8, 4) is 5.75 Å². The zero-order valence-corrected chi connectivity index (χ0v) is 18.9. The highest BCUT2D eigenvalue weighted by molar-refractivity contribution is 5.66. The Labute approximate surface area is 192 Å². The fourth-order valence-electron chi connectivity index (χ4n) is 3.41. The molecule has 2 heterocycles. The first-order valence-electron chi connectivity index (χ1n) is 11.0. The maximum atomic E-state index is 13.9. The topological polar surface area (TPSA) is 66.0 Å². The molecule has 4 aromatic rings. The number of ether oxygens (including phenoxy) is 1. The van der Waals surface area contributed by atoms with E-state index in [9.17, 15) is 4.39 Å². The molecule has 0 fully saturated rings. The normalized spacial score (nSPS) is 11.4. The molecular formula is C26H27FN4O2. The fourth-order valence-corrected chi connectivity index (χ4v) is 3.41. The summed E-state index contributed by atoms with van der Waals surface area (Å²) < 4.78 is 27.1. The van der Waals surface area contributed by atoms with E-state index < -0.39 is 0 Å². The zero-order chi connectivity index (χ0) is 23.0. The molecule has 2 aromatic heterocycles. The Morgan fingerprint density at radius 2 is 1.91 bits per heavy atom. The van der Waals surface area contributed by atoms with E-state index in [1.54, 1.807) is 24.5 Å². The van der Waals surface area contributed by atoms with Crippen LogP contribution >= 0.6 is 0 Å². The van der Waals surface area contributed by atoms with Crippen molar-refractivity contribution in [2.75, 3.05) is 0 Å². The van der Waals surface area contributed by atoms with Crippen molar-refractivity contribution < 1.29 is 13.5 Å². The third-order valence-corrected chi connectivity index (χ3v) is 5.20. The van der Waals surface area contributed by atoms with Gasteiger partial charge in [0.05, 0.1) is 5.69 Å². The number of unbranched alkanes of at least 4 members (excludes halogenated alkanes) is 1. The third kappa shape index (κ3) is 6.62. The van der Waals surface area contributed by atoms with Gasteiger partial charge >= 0.3 is 0 Å². The number of rotatable bonds is 10. The van der Waals surface area contributed by atoms with Crippen LogP contribution in [-0.2, 0) is 19.6 Å². The molecule has 0 amide bonds. The van der Waals surface area contributed by atoms with Crippen LogP contribution in [0.25, 0.3) is 12.2 Å². The van der Waals surface area contributed by atoms with Crippen LogP contribution in [0, 0.1) is 19.7 Å². The average Bonchev–Trinajstić information content (AvgIpc) is 3.44. The molecule has 0 aliphatic carbocycles. The summed E-state index contributed by atoms with van der Waals surface area (Å²) >= 11 is 0. The van der Waals surface area contributed by atoms with Crippen LogP contribution in [0.3, 0.4) is 0 Å². The average molecular weight is 447 g/mol. The lowest BCUT2D eigenvalue weighted by atomic mass is 10.1. The molecule has 4 rings (SSSR count). The lowest BCUT2D eigenvalue weighted by Gasteiger charge is -2.06. The molecule has 0 N–H and O–H groups in total. The Morgan fingerprint density at radius 3 is 2.67 bits per heavy atom. The SMILES string of the molecule is Cc1ccc(/C=C/c2nc(COc3ccc(CCCCn4cc(C)nn4)cc3)co2)c(F)c1. The number of aryl methyl sites for hydroxylation is 4. The van der Waals surface area contributed by atoms with Crippen molar-refractivity contribution in [2.45, 2.75) is 46.3 Å². The van der Waals surface area contributed by atoms with Crippen molar-refractivity contribution in [1.29, 1.82) is 0 Å². The van der Waals surface area contributed by atoms with Gasteiger partial charge in [-0.1, -0.05) is 29.5 Å². The van der Waals surface area contributed by atoms with E-state index in [0.717, 1.165) is 42.8 Å². The summed E-state index contributed by atoms with van der Waals surface area (Å²) in [6.07, 6.45) is 9.96. The lowest BCUT2D eigenvalue weighted by molar-refractivity contribution is 0.301. The molecule has 6 nitrogen and oxygen atoms in total. The van der Waals surface area contributed by atoms with E-state index in [1.807, 2.05) is 42.9 Å². The monoisotopic (exact) mass is 446 g/mol. The molecule has 7 heteroatoms. The van der Waals surface area contributed by atoms with Gasteiger partial charge in [-0.25, -0.2) is 9.37 Å². The van der Waals surface area contributed by atoms with Crippen molar-refractivity contribution in [1.82, 2.24) is 20.0 Å². The van der Waals surface area contributed by atoms with Crippen molar-refractivity contribution in [3.05, 3.63) is 94.7 Å². The molecule has 0 aliphatic heterocycles. The number of hydrogen-bond acceptors (Lipinski definition) is 5. The van der Waals surface area contributed by atoms with Gasteiger partial charge in [0.2, 0.25) is 5.89 Å². The maximum Gasteiger partial charge on any atom is 0.218 e. The Kier molecular flexibility index (Phi) is 7.29. The number of nitrogens with zero attached hydrogens (tertiary/aromatic N) is 4. The summed E-state index contributed by atoms with van der Waals surface area (Å²) in [7, 11) is 0. The molecule has 0 radical (unpaired) electrons. The third-order valence-electron chi connectivity index (χ3n) is 5.20. The van der Waals surface area contributed by atoms with Gasteiger partial charge < -0.3 is 9.15 Å². The summed E-state index contributed by atoms with van der Waals surface area (Å²) in [6.45, 7) is 4.98. The number of halogens is 1. The van der Waals surface area contributed by atoms with Gasteiger partial charge in [0, 0.05) is 24.4 Å². The molecule has 0 aliphatic rings. The van der Waals surface area contributed by atoms with E-state index in [1.165, 1.54) is 11.6 Å². The maximum absolute atomic E-state index is 13.9. The van der Waals surface area contributed by atoms with Gasteiger partial charge in [-0.15, -0.1) is 5.10 Å². The molecule has 0 bridgehead atoms. The molecule has 170 valence electrons. The van der Waals surface area contributed by atoms with E-state index >= 15 is 0 Å². The van der Waals surface area contributed by atoms with Crippen molar-refractivity contribution >= 4 is 12.2 Å². The summed E-state index contributed by atoms with van der Waals surface area (Å²) in [4.78, 5) is 4.37. The highest BCUT2D eigenvalue weighted by Gasteiger charge is 2.04. The summed E-state index contributed by atoms with van der Waals surface area (Å²) in [6, 6.07) is 13.2. The van der Waals surface area contributed by atoms with E-state index in [4.69, 9.17) is 9.15 Å². The van der Waals surface area contributed by atoms with Crippen LogP contribution in [0.5, 0.6) is 5.75 Å². The number of aromatic nitrogens is 4. The number of hydrogen-bond donors (Lipinski definition) is 0. The second-order valence-electron chi connectivity index (χ2n) is 8.05. The molecule has 0 saturated carbocycles. The molecule has 0 unspecified atom stereocenters. The highest BCUT2D eigenvalue weighted by Crippen LogP contribution is 2.17. The minimum atomic E-state index is -0.268. The molecule has 2 aromatic carbocycles. The first-order chi connectivity index (χ1) is 16.0. The Hall–Kier alpha value is -3.74. The number of oxazole rings is 1. The second kappa shape index (κ2) is 10.7. The summed E-state index contributed by atoms with van der Waals surface area (Å²) in [5, 5.41) is 8.07. The first-order valence-corrected chi connectivity index (χ1v) is 11.0. The highest BCUT2D eigenvalue weighted by atomic mass is 19.1. The van der Waals surface area contributed by atoms with Crippen LogP contribution in [0.1, 0.15) is 46.8 Å². The standard InChI is InChI=1S/C26H27FN4O2/c1-19-6-9-22(25(27)15-19)10-13-26-28-23(18-33-26)17-32-24-11-7-21(8-12-24)5-3-4-14-31-16-20(2)29-30-31/h6-13,15-16,18H,3-5,14,17H2,1-2H3/b13-10+. The number of benzene rings is 2. The van der Waals surface area contributed by atoms with Gasteiger partial charge in [-0.05, 0) is 68.5 Å². The van der Waals surface area contributed by atoms with Crippen molar-refractivity contribution in [2.24, 2.45) is 0 Å². The summed E-state index contributed by atoms with van der Waals surface area (Å²) in [5.41, 5.74) is 4.26. The fraction of sp³-hybridized carbons (Fsp3) is 0.269. The van der Waals surface area contributed by atoms with Crippen LogP contribution in [0.4, 0.5) is 4.39 Å². The second-order valence-corrected chi connectivity index (χ2v) is 8.05. The van der Waals surface area contributed by atoms with Crippen LogP contribution in [-0.4, -0.2) is 20.0 Å². The molecule has 33 heavy (non-hydrogen) atoms. The van der Waals surface area contributed by atoms with Gasteiger partial charge in [-0.2, -0.15) is 0 Å².